The molecule has 8 heteroatoms. The smallest absolute Gasteiger partial charge is 0.298 e. The van der Waals surface area contributed by atoms with Crippen molar-refractivity contribution in [3.8, 4) is 11.1 Å². The van der Waals surface area contributed by atoms with Gasteiger partial charge in [-0.15, -0.1) is 0 Å². The largest absolute Gasteiger partial charge is 0.433 e. The number of hydrogen-bond donors (Lipinski definition) is 0. The molecule has 1 aliphatic rings. The van der Waals surface area contributed by atoms with Crippen LogP contribution in [0.1, 0.15) is 23.0 Å². The maximum Gasteiger partial charge on any atom is 0.433 e. The van der Waals surface area contributed by atoms with Gasteiger partial charge in [0.25, 0.3) is 0 Å². The van der Waals surface area contributed by atoms with Gasteiger partial charge in [-0.3, -0.25) is 4.90 Å². The summed E-state index contributed by atoms with van der Waals surface area (Å²) >= 11 is 0. The Hall–Kier alpha value is -2.87. The molecule has 3 aromatic rings. The van der Waals surface area contributed by atoms with E-state index < -0.39 is 11.9 Å². The van der Waals surface area contributed by atoms with Crippen LogP contribution < -0.4 is 0 Å². The molecular formula is C19H16F3N5. The van der Waals surface area contributed by atoms with E-state index >= 15 is 0 Å². The SMILES string of the molecule is FC(F)(F)c1ccnc(C2CN(Cc3cccc(-c4cncnc4)c3)C2)n1. The highest BCUT2D eigenvalue weighted by Crippen LogP contribution is 2.31. The summed E-state index contributed by atoms with van der Waals surface area (Å²) < 4.78 is 38.4. The van der Waals surface area contributed by atoms with E-state index in [2.05, 4.69) is 30.9 Å². The van der Waals surface area contributed by atoms with E-state index in [-0.39, 0.29) is 11.7 Å². The molecule has 4 rings (SSSR count). The Morgan fingerprint density at radius 3 is 2.56 bits per heavy atom. The van der Waals surface area contributed by atoms with Crippen LogP contribution in [0.3, 0.4) is 0 Å². The average Bonchev–Trinajstić information content (AvgIpc) is 2.65. The van der Waals surface area contributed by atoms with Crippen LogP contribution in [0.25, 0.3) is 11.1 Å². The molecule has 0 saturated carbocycles. The fraction of sp³-hybridized carbons (Fsp3) is 0.263. The lowest BCUT2D eigenvalue weighted by Crippen LogP contribution is -2.45. The van der Waals surface area contributed by atoms with Gasteiger partial charge in [0.15, 0.2) is 0 Å². The predicted octanol–water partition coefficient (Wildman–Crippen LogP) is 3.55. The molecule has 5 nitrogen and oxygen atoms in total. The van der Waals surface area contributed by atoms with Crippen molar-refractivity contribution < 1.29 is 13.2 Å². The zero-order valence-electron chi connectivity index (χ0n) is 14.3. The number of nitrogens with zero attached hydrogens (tertiary/aromatic N) is 5. The molecule has 0 aliphatic carbocycles. The number of aromatic nitrogens is 4. The molecular weight excluding hydrogens is 355 g/mol. The lowest BCUT2D eigenvalue weighted by Gasteiger charge is -2.38. The van der Waals surface area contributed by atoms with Gasteiger partial charge in [0.2, 0.25) is 0 Å². The zero-order chi connectivity index (χ0) is 18.9. The van der Waals surface area contributed by atoms with Crippen LogP contribution in [0.15, 0.2) is 55.2 Å². The first kappa shape index (κ1) is 17.5. The van der Waals surface area contributed by atoms with Crippen LogP contribution in [-0.4, -0.2) is 37.9 Å². The molecule has 1 fully saturated rings. The second-order valence-electron chi connectivity index (χ2n) is 6.52. The van der Waals surface area contributed by atoms with Crippen LogP contribution >= 0.6 is 0 Å². The minimum Gasteiger partial charge on any atom is -0.298 e. The summed E-state index contributed by atoms with van der Waals surface area (Å²) in [7, 11) is 0. The molecule has 0 amide bonds. The summed E-state index contributed by atoms with van der Waals surface area (Å²) in [6, 6.07) is 8.98. The first-order valence-electron chi connectivity index (χ1n) is 8.46. The lowest BCUT2D eigenvalue weighted by molar-refractivity contribution is -0.141. The minimum absolute atomic E-state index is 0.0713. The van der Waals surface area contributed by atoms with Crippen molar-refractivity contribution in [2.75, 3.05) is 13.1 Å². The Morgan fingerprint density at radius 2 is 1.81 bits per heavy atom. The molecule has 0 N–H and O–H groups in total. The molecule has 0 atom stereocenters. The Balaban J connectivity index is 1.40. The number of hydrogen-bond acceptors (Lipinski definition) is 5. The maximum atomic E-state index is 12.8. The first-order valence-corrected chi connectivity index (χ1v) is 8.46. The predicted molar refractivity (Wildman–Crippen MR) is 92.5 cm³/mol. The van der Waals surface area contributed by atoms with Crippen molar-refractivity contribution in [1.82, 2.24) is 24.8 Å². The van der Waals surface area contributed by atoms with Crippen LogP contribution in [0.2, 0.25) is 0 Å². The number of halogens is 3. The van der Waals surface area contributed by atoms with Crippen LogP contribution in [-0.2, 0) is 12.7 Å². The number of benzene rings is 1. The highest BCUT2D eigenvalue weighted by Gasteiger charge is 2.35. The van der Waals surface area contributed by atoms with Gasteiger partial charge >= 0.3 is 6.18 Å². The van der Waals surface area contributed by atoms with E-state index in [1.165, 1.54) is 12.5 Å². The van der Waals surface area contributed by atoms with Crippen LogP contribution in [0.4, 0.5) is 13.2 Å². The van der Waals surface area contributed by atoms with Gasteiger partial charge in [-0.2, -0.15) is 13.2 Å². The second kappa shape index (κ2) is 7.03. The maximum absolute atomic E-state index is 12.8. The lowest BCUT2D eigenvalue weighted by atomic mass is 9.97. The molecule has 138 valence electrons. The minimum atomic E-state index is -4.44. The summed E-state index contributed by atoms with van der Waals surface area (Å²) in [6.07, 6.45) is 1.75. The quantitative estimate of drug-likeness (QED) is 0.702. The normalized spacial score (nSPS) is 15.5. The molecule has 0 unspecified atom stereocenters. The van der Waals surface area contributed by atoms with Gasteiger partial charge in [0.1, 0.15) is 17.8 Å². The van der Waals surface area contributed by atoms with E-state index in [1.54, 1.807) is 12.4 Å². The first-order chi connectivity index (χ1) is 13.0. The second-order valence-corrected chi connectivity index (χ2v) is 6.52. The number of alkyl halides is 3. The highest BCUT2D eigenvalue weighted by atomic mass is 19.4. The van der Waals surface area contributed by atoms with Gasteiger partial charge in [-0.1, -0.05) is 18.2 Å². The Kier molecular flexibility index (Phi) is 4.57. The topological polar surface area (TPSA) is 54.8 Å². The standard InChI is InChI=1S/C19H16F3N5/c20-19(21,22)17-4-5-25-18(26-17)16-10-27(11-16)9-13-2-1-3-14(6-13)15-7-23-12-24-8-15/h1-8,12,16H,9-11H2. The molecule has 1 aliphatic heterocycles. The van der Waals surface area contributed by atoms with E-state index in [0.29, 0.717) is 13.1 Å². The summed E-state index contributed by atoms with van der Waals surface area (Å²) in [5, 5.41) is 0. The summed E-state index contributed by atoms with van der Waals surface area (Å²) in [6.45, 7) is 2.00. The van der Waals surface area contributed by atoms with E-state index in [1.807, 2.05) is 18.2 Å². The van der Waals surface area contributed by atoms with E-state index in [0.717, 1.165) is 29.3 Å². The molecule has 3 heterocycles. The number of rotatable bonds is 4. The van der Waals surface area contributed by atoms with Gasteiger partial charge in [-0.05, 0) is 23.3 Å². The molecule has 1 aromatic carbocycles. The monoisotopic (exact) mass is 371 g/mol. The third-order valence-electron chi connectivity index (χ3n) is 4.51. The molecule has 0 bridgehead atoms. The van der Waals surface area contributed by atoms with E-state index in [4.69, 9.17) is 0 Å². The third kappa shape index (κ3) is 3.95. The highest BCUT2D eigenvalue weighted by molar-refractivity contribution is 5.62. The van der Waals surface area contributed by atoms with Crippen molar-refractivity contribution in [3.05, 3.63) is 72.3 Å². The van der Waals surface area contributed by atoms with Crippen LogP contribution in [0.5, 0.6) is 0 Å². The molecule has 1 saturated heterocycles. The van der Waals surface area contributed by atoms with Crippen LogP contribution in [0, 0.1) is 0 Å². The summed E-state index contributed by atoms with van der Waals surface area (Å²) in [5.41, 5.74) is 2.22. The summed E-state index contributed by atoms with van der Waals surface area (Å²) in [4.78, 5) is 17.9. The van der Waals surface area contributed by atoms with Gasteiger partial charge < -0.3 is 0 Å². The number of likely N-dealkylation sites (tertiary alicyclic amines) is 1. The van der Waals surface area contributed by atoms with Gasteiger partial charge in [0.05, 0.1) is 0 Å². The Morgan fingerprint density at radius 1 is 1.04 bits per heavy atom. The molecule has 0 radical (unpaired) electrons. The molecule has 2 aromatic heterocycles. The molecule has 0 spiro atoms. The Bertz CT molecular complexity index is 924. The fourth-order valence-electron chi connectivity index (χ4n) is 3.15. The van der Waals surface area contributed by atoms with Gasteiger partial charge in [-0.25, -0.2) is 19.9 Å². The van der Waals surface area contributed by atoms with E-state index in [9.17, 15) is 13.2 Å². The van der Waals surface area contributed by atoms with Crippen molar-refractivity contribution in [2.45, 2.75) is 18.6 Å². The van der Waals surface area contributed by atoms with Crippen molar-refractivity contribution in [2.24, 2.45) is 0 Å². The third-order valence-corrected chi connectivity index (χ3v) is 4.51. The van der Waals surface area contributed by atoms with Crippen molar-refractivity contribution in [1.29, 1.82) is 0 Å². The Labute approximate surface area is 153 Å². The summed E-state index contributed by atoms with van der Waals surface area (Å²) in [5.74, 6) is 0.189. The van der Waals surface area contributed by atoms with Crippen molar-refractivity contribution in [3.63, 3.8) is 0 Å². The average molecular weight is 371 g/mol. The molecule has 27 heavy (non-hydrogen) atoms. The van der Waals surface area contributed by atoms with Crippen molar-refractivity contribution >= 4 is 0 Å². The fourth-order valence-corrected chi connectivity index (χ4v) is 3.15. The zero-order valence-corrected chi connectivity index (χ0v) is 14.3. The van der Waals surface area contributed by atoms with Gasteiger partial charge in [0, 0.05) is 49.7 Å².